The molecule has 0 spiro atoms. The Hall–Kier alpha value is -1.75. The maximum atomic E-state index is 12.8. The fourth-order valence-corrected chi connectivity index (χ4v) is 2.56. The first-order valence-corrected chi connectivity index (χ1v) is 6.31. The van der Waals surface area contributed by atoms with Crippen molar-refractivity contribution < 1.29 is 13.9 Å². The van der Waals surface area contributed by atoms with Crippen molar-refractivity contribution in [3.05, 3.63) is 40.7 Å². The molecule has 0 saturated heterocycles. The monoisotopic (exact) mass is 265 g/mol. The predicted octanol–water partition coefficient (Wildman–Crippen LogP) is 3.30. The number of ether oxygens (including phenoxy) is 1. The van der Waals surface area contributed by atoms with E-state index in [1.54, 1.807) is 12.1 Å². The highest BCUT2D eigenvalue weighted by molar-refractivity contribution is 7.15. The second kappa shape index (κ2) is 5.27. The van der Waals surface area contributed by atoms with Crippen molar-refractivity contribution in [2.75, 3.05) is 7.11 Å². The summed E-state index contributed by atoms with van der Waals surface area (Å²) in [5.41, 5.74) is 1.15. The van der Waals surface area contributed by atoms with Crippen LogP contribution in [0.3, 0.4) is 0 Å². The van der Waals surface area contributed by atoms with Crippen molar-refractivity contribution in [1.82, 2.24) is 4.98 Å². The summed E-state index contributed by atoms with van der Waals surface area (Å²) in [6, 6.07) is 6.05. The standard InChI is InChI=1S/C13H12FNO2S/c1-3-10-11(13(16)17-2)15-12(18-10)8-4-6-9(14)7-5-8/h4-7H,3H2,1-2H3. The number of rotatable bonds is 3. The Kier molecular flexibility index (Phi) is 3.72. The van der Waals surface area contributed by atoms with Crippen LogP contribution in [0, 0.1) is 5.82 Å². The highest BCUT2D eigenvalue weighted by atomic mass is 32.1. The van der Waals surface area contributed by atoms with Gasteiger partial charge in [0, 0.05) is 10.4 Å². The lowest BCUT2D eigenvalue weighted by atomic mass is 10.2. The Morgan fingerprint density at radius 1 is 1.39 bits per heavy atom. The van der Waals surface area contributed by atoms with Gasteiger partial charge in [-0.2, -0.15) is 0 Å². The van der Waals surface area contributed by atoms with Gasteiger partial charge >= 0.3 is 5.97 Å². The van der Waals surface area contributed by atoms with Crippen molar-refractivity contribution in [2.24, 2.45) is 0 Å². The van der Waals surface area contributed by atoms with Crippen LogP contribution in [0.15, 0.2) is 24.3 Å². The molecule has 0 unspecified atom stereocenters. The van der Waals surface area contributed by atoms with Gasteiger partial charge < -0.3 is 4.74 Å². The number of hydrogen-bond donors (Lipinski definition) is 0. The molecule has 0 fully saturated rings. The van der Waals surface area contributed by atoms with Crippen molar-refractivity contribution in [3.63, 3.8) is 0 Å². The zero-order valence-electron chi connectivity index (χ0n) is 10.1. The minimum absolute atomic E-state index is 0.292. The van der Waals surface area contributed by atoms with Gasteiger partial charge in [-0.15, -0.1) is 11.3 Å². The molecule has 2 rings (SSSR count). The van der Waals surface area contributed by atoms with Crippen molar-refractivity contribution >= 4 is 17.3 Å². The van der Waals surface area contributed by atoms with Crippen LogP contribution in [0.5, 0.6) is 0 Å². The van der Waals surface area contributed by atoms with Crippen LogP contribution in [0.1, 0.15) is 22.3 Å². The second-order valence-electron chi connectivity index (χ2n) is 3.64. The Balaban J connectivity index is 2.43. The molecular formula is C13H12FNO2S. The summed E-state index contributed by atoms with van der Waals surface area (Å²) in [6.45, 7) is 1.95. The number of halogens is 1. The summed E-state index contributed by atoms with van der Waals surface area (Å²) in [5.74, 6) is -0.726. The Morgan fingerprint density at radius 2 is 2.06 bits per heavy atom. The van der Waals surface area contributed by atoms with E-state index in [4.69, 9.17) is 4.74 Å². The number of carbonyl (C=O) groups is 1. The van der Waals surface area contributed by atoms with Gasteiger partial charge in [-0.05, 0) is 30.7 Å². The van der Waals surface area contributed by atoms with Crippen LogP contribution >= 0.6 is 11.3 Å². The van der Waals surface area contributed by atoms with E-state index < -0.39 is 5.97 Å². The van der Waals surface area contributed by atoms with Crippen LogP contribution in [0.4, 0.5) is 4.39 Å². The zero-order valence-corrected chi connectivity index (χ0v) is 10.9. The molecule has 0 N–H and O–H groups in total. The minimum Gasteiger partial charge on any atom is -0.464 e. The molecule has 1 aromatic heterocycles. The number of aryl methyl sites for hydroxylation is 1. The fourth-order valence-electron chi connectivity index (χ4n) is 1.56. The van der Waals surface area contributed by atoms with Gasteiger partial charge in [0.05, 0.1) is 7.11 Å². The smallest absolute Gasteiger partial charge is 0.357 e. The third kappa shape index (κ3) is 2.41. The highest BCUT2D eigenvalue weighted by Crippen LogP contribution is 2.29. The quantitative estimate of drug-likeness (QED) is 0.799. The predicted molar refractivity (Wildman–Crippen MR) is 68.2 cm³/mol. The second-order valence-corrected chi connectivity index (χ2v) is 4.73. The average molecular weight is 265 g/mol. The molecule has 0 atom stereocenters. The average Bonchev–Trinajstić information content (AvgIpc) is 2.82. The molecule has 94 valence electrons. The summed E-state index contributed by atoms with van der Waals surface area (Å²) in [6.07, 6.45) is 0.712. The van der Waals surface area contributed by atoms with Gasteiger partial charge in [-0.3, -0.25) is 0 Å². The number of methoxy groups -OCH3 is 1. The summed E-state index contributed by atoms with van der Waals surface area (Å²) < 4.78 is 17.5. The molecule has 0 aliphatic carbocycles. The van der Waals surface area contributed by atoms with E-state index in [0.717, 1.165) is 10.4 Å². The minimum atomic E-state index is -0.434. The lowest BCUT2D eigenvalue weighted by Crippen LogP contribution is -2.04. The van der Waals surface area contributed by atoms with Gasteiger partial charge in [0.15, 0.2) is 5.69 Å². The number of esters is 1. The number of hydrogen-bond acceptors (Lipinski definition) is 4. The molecule has 1 aromatic carbocycles. The molecule has 3 nitrogen and oxygen atoms in total. The third-order valence-corrected chi connectivity index (χ3v) is 3.74. The van der Waals surface area contributed by atoms with Crippen molar-refractivity contribution in [1.29, 1.82) is 0 Å². The van der Waals surface area contributed by atoms with Gasteiger partial charge in [0.1, 0.15) is 10.8 Å². The third-order valence-electron chi connectivity index (χ3n) is 2.49. The molecule has 5 heteroatoms. The van der Waals surface area contributed by atoms with E-state index in [1.165, 1.54) is 30.6 Å². The van der Waals surface area contributed by atoms with Crippen molar-refractivity contribution in [3.8, 4) is 10.6 Å². The summed E-state index contributed by atoms with van der Waals surface area (Å²) in [5, 5.41) is 0.701. The Morgan fingerprint density at radius 3 is 2.61 bits per heavy atom. The van der Waals surface area contributed by atoms with Crippen molar-refractivity contribution in [2.45, 2.75) is 13.3 Å². The molecule has 2 aromatic rings. The van der Waals surface area contributed by atoms with E-state index >= 15 is 0 Å². The summed E-state index contributed by atoms with van der Waals surface area (Å²) >= 11 is 1.43. The summed E-state index contributed by atoms with van der Waals surface area (Å²) in [4.78, 5) is 16.7. The maximum absolute atomic E-state index is 12.8. The highest BCUT2D eigenvalue weighted by Gasteiger charge is 2.18. The molecule has 0 saturated carbocycles. The summed E-state index contributed by atoms with van der Waals surface area (Å²) in [7, 11) is 1.33. The Labute approximate surface area is 108 Å². The largest absolute Gasteiger partial charge is 0.464 e. The molecule has 18 heavy (non-hydrogen) atoms. The fraction of sp³-hybridized carbons (Fsp3) is 0.231. The van der Waals surface area contributed by atoms with Crippen LogP contribution < -0.4 is 0 Å². The number of thiazole rings is 1. The molecule has 0 aliphatic rings. The lowest BCUT2D eigenvalue weighted by molar-refractivity contribution is 0.0594. The first-order valence-electron chi connectivity index (χ1n) is 5.49. The van der Waals surface area contributed by atoms with Crippen LogP contribution in [-0.2, 0) is 11.2 Å². The first-order chi connectivity index (χ1) is 8.65. The van der Waals surface area contributed by atoms with E-state index in [9.17, 15) is 9.18 Å². The first kappa shape index (κ1) is 12.7. The van der Waals surface area contributed by atoms with Crippen LogP contribution in [0.25, 0.3) is 10.6 Å². The van der Waals surface area contributed by atoms with Gasteiger partial charge in [0.2, 0.25) is 0 Å². The number of benzene rings is 1. The van der Waals surface area contributed by atoms with E-state index in [0.29, 0.717) is 17.1 Å². The van der Waals surface area contributed by atoms with Gasteiger partial charge in [-0.1, -0.05) is 6.92 Å². The number of aromatic nitrogens is 1. The zero-order chi connectivity index (χ0) is 13.1. The number of carbonyl (C=O) groups excluding carboxylic acids is 1. The SMILES string of the molecule is CCc1sc(-c2ccc(F)cc2)nc1C(=O)OC. The van der Waals surface area contributed by atoms with Crippen LogP contribution in [-0.4, -0.2) is 18.1 Å². The molecular weight excluding hydrogens is 253 g/mol. The maximum Gasteiger partial charge on any atom is 0.357 e. The van der Waals surface area contributed by atoms with E-state index in [-0.39, 0.29) is 5.82 Å². The molecule has 0 aliphatic heterocycles. The van der Waals surface area contributed by atoms with E-state index in [1.807, 2.05) is 6.92 Å². The Bertz CT molecular complexity index is 563. The normalized spacial score (nSPS) is 10.4. The van der Waals surface area contributed by atoms with Gasteiger partial charge in [0.25, 0.3) is 0 Å². The molecule has 1 heterocycles. The molecule has 0 bridgehead atoms. The topological polar surface area (TPSA) is 39.2 Å². The van der Waals surface area contributed by atoms with Crippen LogP contribution in [0.2, 0.25) is 0 Å². The molecule has 0 radical (unpaired) electrons. The van der Waals surface area contributed by atoms with E-state index in [2.05, 4.69) is 4.98 Å². The lowest BCUT2D eigenvalue weighted by Gasteiger charge is -1.96. The molecule has 0 amide bonds. The van der Waals surface area contributed by atoms with Gasteiger partial charge in [-0.25, -0.2) is 14.2 Å². The number of nitrogens with zero attached hydrogens (tertiary/aromatic N) is 1.